The second-order valence-electron chi connectivity index (χ2n) is 3.21. The molecule has 10 heteroatoms. The highest BCUT2D eigenvalue weighted by atomic mass is 32.1. The SMILES string of the molecule is NC(=O)NN=Cc1csc(-c2ccc([N+](=O)[O-])s2)n1. The Morgan fingerprint density at radius 2 is 2.37 bits per heavy atom. The molecule has 2 amide bonds. The molecular formula is C9H7N5O3S2. The molecule has 3 N–H and O–H groups in total. The molecular weight excluding hydrogens is 290 g/mol. The van der Waals surface area contributed by atoms with E-state index in [2.05, 4.69) is 10.1 Å². The smallest absolute Gasteiger partial charge is 0.332 e. The Morgan fingerprint density at radius 1 is 1.58 bits per heavy atom. The molecule has 0 unspecified atom stereocenters. The maximum Gasteiger partial charge on any atom is 0.332 e. The van der Waals surface area contributed by atoms with Gasteiger partial charge in [-0.1, -0.05) is 11.3 Å². The number of nitrogens with two attached hydrogens (primary N) is 1. The first kappa shape index (κ1) is 13.1. The molecule has 98 valence electrons. The molecule has 19 heavy (non-hydrogen) atoms. The number of aromatic nitrogens is 1. The van der Waals surface area contributed by atoms with Crippen LogP contribution in [0, 0.1) is 10.1 Å². The number of rotatable bonds is 4. The first-order chi connectivity index (χ1) is 9.06. The van der Waals surface area contributed by atoms with Gasteiger partial charge in [0.2, 0.25) is 0 Å². The fourth-order valence-electron chi connectivity index (χ4n) is 1.16. The average Bonchev–Trinajstić information content (AvgIpc) is 2.95. The predicted octanol–water partition coefficient (Wildman–Crippen LogP) is 1.78. The van der Waals surface area contributed by atoms with E-state index in [0.29, 0.717) is 15.6 Å². The molecule has 0 aliphatic heterocycles. The topological polar surface area (TPSA) is 124 Å². The van der Waals surface area contributed by atoms with Crippen molar-refractivity contribution in [3.05, 3.63) is 33.3 Å². The number of urea groups is 1. The van der Waals surface area contributed by atoms with E-state index in [0.717, 1.165) is 11.3 Å². The van der Waals surface area contributed by atoms with E-state index in [-0.39, 0.29) is 5.00 Å². The highest BCUT2D eigenvalue weighted by molar-refractivity contribution is 7.23. The molecule has 8 nitrogen and oxygen atoms in total. The standard InChI is InChI=1S/C9H7N5O3S2/c10-9(15)13-11-3-5-4-18-8(12-5)6-1-2-7(19-6)14(16)17/h1-4H,(H3,10,13,15). The zero-order valence-electron chi connectivity index (χ0n) is 9.27. The van der Waals surface area contributed by atoms with E-state index >= 15 is 0 Å². The number of thiazole rings is 1. The molecule has 0 radical (unpaired) electrons. The van der Waals surface area contributed by atoms with Crippen LogP contribution in [0.15, 0.2) is 22.6 Å². The first-order valence-corrected chi connectivity index (χ1v) is 6.54. The lowest BCUT2D eigenvalue weighted by molar-refractivity contribution is -0.380. The zero-order chi connectivity index (χ0) is 13.8. The Bertz CT molecular complexity index is 648. The number of hydrogen-bond donors (Lipinski definition) is 2. The summed E-state index contributed by atoms with van der Waals surface area (Å²) in [4.78, 5) is 25.5. The largest absolute Gasteiger partial charge is 0.350 e. The minimum atomic E-state index is -0.763. The second-order valence-corrected chi connectivity index (χ2v) is 5.13. The molecule has 2 aromatic heterocycles. The summed E-state index contributed by atoms with van der Waals surface area (Å²) in [6, 6.07) is 2.31. The summed E-state index contributed by atoms with van der Waals surface area (Å²) in [6.45, 7) is 0. The minimum absolute atomic E-state index is 0.0656. The van der Waals surface area contributed by atoms with Gasteiger partial charge in [0.05, 0.1) is 21.7 Å². The lowest BCUT2D eigenvalue weighted by atomic mass is 10.5. The number of amides is 2. The van der Waals surface area contributed by atoms with Gasteiger partial charge >= 0.3 is 11.0 Å². The van der Waals surface area contributed by atoms with Crippen molar-refractivity contribution in [1.29, 1.82) is 0 Å². The van der Waals surface area contributed by atoms with Crippen LogP contribution in [0.1, 0.15) is 5.69 Å². The van der Waals surface area contributed by atoms with Crippen molar-refractivity contribution in [2.24, 2.45) is 10.8 Å². The van der Waals surface area contributed by atoms with Crippen molar-refractivity contribution in [3.8, 4) is 9.88 Å². The number of carbonyl (C=O) groups excluding carboxylic acids is 1. The van der Waals surface area contributed by atoms with Gasteiger partial charge in [0.1, 0.15) is 5.01 Å². The Morgan fingerprint density at radius 3 is 3.00 bits per heavy atom. The van der Waals surface area contributed by atoms with E-state index < -0.39 is 11.0 Å². The van der Waals surface area contributed by atoms with Crippen molar-refractivity contribution >= 4 is 39.9 Å². The summed E-state index contributed by atoms with van der Waals surface area (Å²) in [5, 5.41) is 16.6. The van der Waals surface area contributed by atoms with E-state index in [1.807, 2.05) is 5.43 Å². The van der Waals surface area contributed by atoms with Crippen LogP contribution in [-0.2, 0) is 0 Å². The van der Waals surface area contributed by atoms with Crippen LogP contribution in [-0.4, -0.2) is 22.2 Å². The van der Waals surface area contributed by atoms with Crippen LogP contribution < -0.4 is 11.2 Å². The van der Waals surface area contributed by atoms with E-state index in [9.17, 15) is 14.9 Å². The summed E-state index contributed by atoms with van der Waals surface area (Å²) in [7, 11) is 0. The maximum atomic E-state index is 10.6. The Balaban J connectivity index is 2.13. The number of carbonyl (C=O) groups is 1. The summed E-state index contributed by atoms with van der Waals surface area (Å²) in [5.41, 5.74) is 7.42. The van der Waals surface area contributed by atoms with Crippen molar-refractivity contribution in [3.63, 3.8) is 0 Å². The van der Waals surface area contributed by atoms with Crippen LogP contribution >= 0.6 is 22.7 Å². The molecule has 0 aliphatic carbocycles. The maximum absolute atomic E-state index is 10.6. The molecule has 0 aromatic carbocycles. The molecule has 0 bridgehead atoms. The summed E-state index contributed by atoms with van der Waals surface area (Å²) in [6.07, 6.45) is 1.34. The fourth-order valence-corrected chi connectivity index (χ4v) is 2.82. The van der Waals surface area contributed by atoms with Gasteiger partial charge in [0.25, 0.3) is 0 Å². The third-order valence-electron chi connectivity index (χ3n) is 1.88. The number of primary amides is 1. The van der Waals surface area contributed by atoms with Crippen molar-refractivity contribution < 1.29 is 9.72 Å². The zero-order valence-corrected chi connectivity index (χ0v) is 10.9. The van der Waals surface area contributed by atoms with E-state index in [1.54, 1.807) is 11.4 Å². The van der Waals surface area contributed by atoms with Gasteiger partial charge in [0.15, 0.2) is 0 Å². The van der Waals surface area contributed by atoms with Gasteiger partial charge in [-0.25, -0.2) is 15.2 Å². The molecule has 0 fully saturated rings. The number of nitro groups is 1. The summed E-state index contributed by atoms with van der Waals surface area (Å²) >= 11 is 2.38. The van der Waals surface area contributed by atoms with Crippen LogP contribution in [0.4, 0.5) is 9.80 Å². The molecule has 0 saturated carbocycles. The number of hydrazone groups is 1. The molecule has 0 saturated heterocycles. The number of nitrogens with zero attached hydrogens (tertiary/aromatic N) is 3. The van der Waals surface area contributed by atoms with Gasteiger partial charge in [0, 0.05) is 11.4 Å². The molecule has 0 aliphatic rings. The molecule has 0 spiro atoms. The van der Waals surface area contributed by atoms with E-state index in [4.69, 9.17) is 5.73 Å². The van der Waals surface area contributed by atoms with Gasteiger partial charge < -0.3 is 5.73 Å². The average molecular weight is 297 g/mol. The lowest BCUT2D eigenvalue weighted by Crippen LogP contribution is -2.24. The Hall–Kier alpha value is -2.33. The van der Waals surface area contributed by atoms with Gasteiger partial charge in [-0.15, -0.1) is 11.3 Å². The number of nitrogens with one attached hydrogen (secondary N) is 1. The van der Waals surface area contributed by atoms with Gasteiger partial charge in [-0.2, -0.15) is 5.10 Å². The number of thiophene rings is 1. The summed E-state index contributed by atoms with van der Waals surface area (Å²) in [5.74, 6) is 0. The molecule has 0 atom stereocenters. The Kier molecular flexibility index (Phi) is 3.82. The van der Waals surface area contributed by atoms with Gasteiger partial charge in [-0.05, 0) is 6.07 Å². The quantitative estimate of drug-likeness (QED) is 0.507. The highest BCUT2D eigenvalue weighted by Gasteiger charge is 2.13. The highest BCUT2D eigenvalue weighted by Crippen LogP contribution is 2.34. The minimum Gasteiger partial charge on any atom is -0.350 e. The van der Waals surface area contributed by atoms with Crippen LogP contribution in [0.25, 0.3) is 9.88 Å². The van der Waals surface area contributed by atoms with Crippen molar-refractivity contribution in [1.82, 2.24) is 10.4 Å². The summed E-state index contributed by atoms with van der Waals surface area (Å²) < 4.78 is 0. The second kappa shape index (κ2) is 5.54. The monoisotopic (exact) mass is 297 g/mol. The molecule has 2 heterocycles. The van der Waals surface area contributed by atoms with Gasteiger partial charge in [-0.3, -0.25) is 10.1 Å². The third-order valence-corrected chi connectivity index (χ3v) is 3.94. The van der Waals surface area contributed by atoms with Crippen LogP contribution in [0.5, 0.6) is 0 Å². The van der Waals surface area contributed by atoms with Crippen LogP contribution in [0.2, 0.25) is 0 Å². The van der Waals surface area contributed by atoms with E-state index in [1.165, 1.54) is 23.6 Å². The first-order valence-electron chi connectivity index (χ1n) is 4.85. The Labute approximate surface area is 114 Å². The number of hydrogen-bond acceptors (Lipinski definition) is 7. The lowest BCUT2D eigenvalue weighted by Gasteiger charge is -1.88. The normalized spacial score (nSPS) is 10.7. The van der Waals surface area contributed by atoms with Crippen LogP contribution in [0.3, 0.4) is 0 Å². The van der Waals surface area contributed by atoms with Crippen molar-refractivity contribution in [2.75, 3.05) is 0 Å². The molecule has 2 aromatic rings. The fraction of sp³-hybridized carbons (Fsp3) is 0. The third kappa shape index (κ3) is 3.33. The van der Waals surface area contributed by atoms with Crippen molar-refractivity contribution in [2.45, 2.75) is 0 Å². The predicted molar refractivity (Wildman–Crippen MR) is 72.4 cm³/mol. The molecule has 2 rings (SSSR count).